The normalized spacial score (nSPS) is 26.6. The molecule has 3 unspecified atom stereocenters. The Kier molecular flexibility index (Phi) is 5.64. The van der Waals surface area contributed by atoms with Crippen LogP contribution in [0.5, 0.6) is 11.5 Å². The highest BCUT2D eigenvalue weighted by molar-refractivity contribution is 5.86. The summed E-state index contributed by atoms with van der Waals surface area (Å²) < 4.78 is 0. The van der Waals surface area contributed by atoms with E-state index in [1.54, 1.807) is 0 Å². The number of ketones is 1. The van der Waals surface area contributed by atoms with Crippen molar-refractivity contribution in [1.29, 1.82) is 0 Å². The molecule has 3 aliphatic carbocycles. The fourth-order valence-electron chi connectivity index (χ4n) is 5.31. The van der Waals surface area contributed by atoms with Crippen molar-refractivity contribution in [1.82, 2.24) is 0 Å². The number of benzene rings is 1. The third kappa shape index (κ3) is 3.50. The maximum atomic E-state index is 12.4. The lowest BCUT2D eigenvalue weighted by atomic mass is 9.44. The monoisotopic (exact) mass is 358 g/mol. The standard InChI is InChI=1S/C23H34O3/c1-4-5-6-7-8-9-10-15-11-20(25)22(21(26)12-15)16-13-19(24)18-14-17(16)23(18,2)3/h11-12,16-18,25-26H,4-10,13-14H2,1-3H3. The summed E-state index contributed by atoms with van der Waals surface area (Å²) in [4.78, 5) is 12.4. The van der Waals surface area contributed by atoms with Gasteiger partial charge in [0.15, 0.2) is 0 Å². The molecule has 2 N–H and O–H groups in total. The van der Waals surface area contributed by atoms with Gasteiger partial charge in [-0.1, -0.05) is 52.9 Å². The molecular weight excluding hydrogens is 324 g/mol. The molecule has 0 amide bonds. The summed E-state index contributed by atoms with van der Waals surface area (Å²) in [6, 6.07) is 3.62. The molecule has 0 spiro atoms. The molecule has 2 bridgehead atoms. The van der Waals surface area contributed by atoms with E-state index < -0.39 is 0 Å². The lowest BCUT2D eigenvalue weighted by Crippen LogP contribution is -2.56. The highest BCUT2D eigenvalue weighted by Crippen LogP contribution is 2.64. The van der Waals surface area contributed by atoms with E-state index in [9.17, 15) is 15.0 Å². The van der Waals surface area contributed by atoms with Crippen molar-refractivity contribution < 1.29 is 15.0 Å². The summed E-state index contributed by atoms with van der Waals surface area (Å²) >= 11 is 0. The number of carbonyl (C=O) groups is 1. The van der Waals surface area contributed by atoms with Crippen LogP contribution in [0.15, 0.2) is 12.1 Å². The van der Waals surface area contributed by atoms with Crippen molar-refractivity contribution in [3.8, 4) is 11.5 Å². The summed E-state index contributed by atoms with van der Waals surface area (Å²) in [6.07, 6.45) is 9.62. The van der Waals surface area contributed by atoms with Crippen LogP contribution in [0.1, 0.15) is 89.2 Å². The van der Waals surface area contributed by atoms with Gasteiger partial charge in [0.25, 0.3) is 0 Å². The molecule has 3 nitrogen and oxygen atoms in total. The molecule has 3 atom stereocenters. The minimum absolute atomic E-state index is 0.0178. The number of aryl methyl sites for hydroxylation is 1. The zero-order valence-corrected chi connectivity index (χ0v) is 16.6. The molecule has 3 fully saturated rings. The van der Waals surface area contributed by atoms with Crippen LogP contribution in [-0.4, -0.2) is 16.0 Å². The average molecular weight is 359 g/mol. The van der Waals surface area contributed by atoms with E-state index in [0.29, 0.717) is 17.9 Å². The molecule has 3 saturated carbocycles. The van der Waals surface area contributed by atoms with Crippen molar-refractivity contribution in [2.24, 2.45) is 17.3 Å². The smallest absolute Gasteiger partial charge is 0.137 e. The Morgan fingerprint density at radius 3 is 2.23 bits per heavy atom. The second-order valence-corrected chi connectivity index (χ2v) is 9.06. The first-order valence-electron chi connectivity index (χ1n) is 10.4. The van der Waals surface area contributed by atoms with E-state index in [1.807, 2.05) is 12.1 Å². The van der Waals surface area contributed by atoms with Crippen LogP contribution in [0, 0.1) is 17.3 Å². The average Bonchev–Trinajstić information content (AvgIpc) is 2.56. The predicted molar refractivity (Wildman–Crippen MR) is 105 cm³/mol. The molecular formula is C23H34O3. The van der Waals surface area contributed by atoms with Gasteiger partial charge in [-0.05, 0) is 48.3 Å². The Bertz CT molecular complexity index is 638. The second kappa shape index (κ2) is 7.62. The Labute approximate surface area is 157 Å². The zero-order chi connectivity index (χ0) is 18.9. The van der Waals surface area contributed by atoms with Crippen LogP contribution < -0.4 is 0 Å². The van der Waals surface area contributed by atoms with E-state index in [0.717, 1.165) is 24.8 Å². The van der Waals surface area contributed by atoms with Gasteiger partial charge in [-0.15, -0.1) is 0 Å². The molecule has 1 aromatic rings. The Balaban J connectivity index is 1.67. The predicted octanol–water partition coefficient (Wildman–Crippen LogP) is 5.72. The summed E-state index contributed by atoms with van der Waals surface area (Å²) in [5.74, 6) is 1.12. The van der Waals surface area contributed by atoms with E-state index in [-0.39, 0.29) is 34.5 Å². The first-order chi connectivity index (χ1) is 12.4. The van der Waals surface area contributed by atoms with Gasteiger partial charge in [0.2, 0.25) is 0 Å². The van der Waals surface area contributed by atoms with Gasteiger partial charge >= 0.3 is 0 Å². The minimum Gasteiger partial charge on any atom is -0.508 e. The first kappa shape index (κ1) is 19.3. The highest BCUT2D eigenvalue weighted by Gasteiger charge is 2.59. The van der Waals surface area contributed by atoms with Crippen molar-refractivity contribution in [2.45, 2.75) is 84.5 Å². The zero-order valence-electron chi connectivity index (χ0n) is 16.6. The Morgan fingerprint density at radius 2 is 1.65 bits per heavy atom. The fraction of sp³-hybridized carbons (Fsp3) is 0.696. The lowest BCUT2D eigenvalue weighted by Gasteiger charge is -2.59. The summed E-state index contributed by atoms with van der Waals surface area (Å²) in [5, 5.41) is 21.2. The Hall–Kier alpha value is -1.51. The number of Topliss-reactive ketones (excluding diaryl/α,β-unsaturated/α-hetero) is 1. The van der Waals surface area contributed by atoms with Crippen molar-refractivity contribution >= 4 is 5.78 Å². The molecule has 144 valence electrons. The van der Waals surface area contributed by atoms with Crippen molar-refractivity contribution in [2.75, 3.05) is 0 Å². The number of phenolic OH excluding ortho intramolecular Hbond substituents is 2. The van der Waals surface area contributed by atoms with Gasteiger partial charge in [0, 0.05) is 23.8 Å². The number of unbranched alkanes of at least 4 members (excludes halogenated alkanes) is 5. The van der Waals surface area contributed by atoms with Crippen LogP contribution in [0.25, 0.3) is 0 Å². The van der Waals surface area contributed by atoms with Crippen molar-refractivity contribution in [3.05, 3.63) is 23.3 Å². The van der Waals surface area contributed by atoms with Gasteiger partial charge in [-0.3, -0.25) is 4.79 Å². The third-order valence-corrected chi connectivity index (χ3v) is 7.02. The first-order valence-corrected chi connectivity index (χ1v) is 10.4. The number of hydrogen-bond acceptors (Lipinski definition) is 3. The molecule has 0 aliphatic heterocycles. The molecule has 0 aromatic heterocycles. The van der Waals surface area contributed by atoms with Gasteiger partial charge in [-0.25, -0.2) is 0 Å². The minimum atomic E-state index is -0.0504. The summed E-state index contributed by atoms with van der Waals surface area (Å²) in [6.45, 7) is 6.52. The van der Waals surface area contributed by atoms with Crippen LogP contribution >= 0.6 is 0 Å². The number of rotatable bonds is 8. The maximum Gasteiger partial charge on any atom is 0.137 e. The number of aromatic hydroxyl groups is 2. The third-order valence-electron chi connectivity index (χ3n) is 7.02. The lowest BCUT2D eigenvalue weighted by molar-refractivity contribution is -0.151. The quantitative estimate of drug-likeness (QED) is 0.584. The van der Waals surface area contributed by atoms with Gasteiger partial charge in [0.05, 0.1) is 0 Å². The number of fused-ring (bicyclic) bond motifs is 2. The van der Waals surface area contributed by atoms with E-state index in [2.05, 4.69) is 20.8 Å². The molecule has 1 aromatic carbocycles. The molecule has 3 heteroatoms. The van der Waals surface area contributed by atoms with Crippen LogP contribution in [0.2, 0.25) is 0 Å². The largest absolute Gasteiger partial charge is 0.508 e. The molecule has 4 rings (SSSR count). The molecule has 0 saturated heterocycles. The van der Waals surface area contributed by atoms with Crippen LogP contribution in [-0.2, 0) is 11.2 Å². The molecule has 0 heterocycles. The van der Waals surface area contributed by atoms with Gasteiger partial charge < -0.3 is 10.2 Å². The molecule has 0 radical (unpaired) electrons. The fourth-order valence-corrected chi connectivity index (χ4v) is 5.31. The topological polar surface area (TPSA) is 57.5 Å². The van der Waals surface area contributed by atoms with E-state index in [1.165, 1.54) is 32.1 Å². The van der Waals surface area contributed by atoms with Crippen LogP contribution in [0.3, 0.4) is 0 Å². The summed E-state index contributed by atoms with van der Waals surface area (Å²) in [5.41, 5.74) is 1.57. The van der Waals surface area contributed by atoms with Crippen molar-refractivity contribution in [3.63, 3.8) is 0 Å². The SMILES string of the molecule is CCCCCCCCc1cc(O)c(C2CC(=O)C3CC2C3(C)C)c(O)c1. The van der Waals surface area contributed by atoms with Gasteiger partial charge in [0.1, 0.15) is 17.3 Å². The molecule has 26 heavy (non-hydrogen) atoms. The van der Waals surface area contributed by atoms with E-state index in [4.69, 9.17) is 0 Å². The van der Waals surface area contributed by atoms with E-state index >= 15 is 0 Å². The Morgan fingerprint density at radius 1 is 1.04 bits per heavy atom. The number of hydrogen-bond donors (Lipinski definition) is 2. The number of carbonyl (C=O) groups excluding carboxylic acids is 1. The molecule has 3 aliphatic rings. The second-order valence-electron chi connectivity index (χ2n) is 9.06. The number of phenols is 2. The van der Waals surface area contributed by atoms with Crippen LogP contribution in [0.4, 0.5) is 0 Å². The highest BCUT2D eigenvalue weighted by atomic mass is 16.3. The van der Waals surface area contributed by atoms with Gasteiger partial charge in [-0.2, -0.15) is 0 Å². The summed E-state index contributed by atoms with van der Waals surface area (Å²) in [7, 11) is 0. The maximum absolute atomic E-state index is 12.4.